The molecule has 6 aromatic rings. The number of pyridine rings is 1. The van der Waals surface area contributed by atoms with Crippen LogP contribution in [0.5, 0.6) is 0 Å². The summed E-state index contributed by atoms with van der Waals surface area (Å²) < 4.78 is 0. The SMILES string of the molecule is CCC(CC)C(=O)/C=C(\O)C(CC)CC.[Ir].[c-]1c2ccccc2cc2c1c1nccc3ccc4cccc2c4c31. The molecule has 0 unspecified atom stereocenters. The van der Waals surface area contributed by atoms with E-state index in [2.05, 4.69) is 72.8 Å². The summed E-state index contributed by atoms with van der Waals surface area (Å²) in [6, 6.07) is 27.4. The summed E-state index contributed by atoms with van der Waals surface area (Å²) >= 11 is 0. The van der Waals surface area contributed by atoms with Gasteiger partial charge in [-0.3, -0.25) is 9.78 Å². The summed E-state index contributed by atoms with van der Waals surface area (Å²) in [5, 5.41) is 20.8. The van der Waals surface area contributed by atoms with Gasteiger partial charge in [-0.05, 0) is 58.7 Å². The van der Waals surface area contributed by atoms with Gasteiger partial charge in [0.25, 0.3) is 0 Å². The van der Waals surface area contributed by atoms with E-state index in [1.807, 2.05) is 33.9 Å². The number of aromatic nitrogens is 1. The maximum absolute atomic E-state index is 11.7. The van der Waals surface area contributed by atoms with Crippen LogP contribution in [0.15, 0.2) is 84.8 Å². The van der Waals surface area contributed by atoms with Gasteiger partial charge in [0, 0.05) is 49.7 Å². The number of benzene rings is 5. The number of allylic oxidation sites excluding steroid dienone is 2. The number of hydrogen-bond donors (Lipinski definition) is 1. The molecule has 0 saturated carbocycles. The van der Waals surface area contributed by atoms with Gasteiger partial charge in [0.15, 0.2) is 5.78 Å². The average molecular weight is 707 g/mol. The van der Waals surface area contributed by atoms with E-state index < -0.39 is 0 Å². The number of carbonyl (C=O) groups excluding carboxylic acids is 1. The maximum atomic E-state index is 11.7. The molecule has 0 fully saturated rings. The number of rotatable bonds is 7. The molecular formula is C36H36IrNO2-. The van der Waals surface area contributed by atoms with Crippen LogP contribution in [0.2, 0.25) is 0 Å². The molecule has 1 radical (unpaired) electrons. The molecule has 40 heavy (non-hydrogen) atoms. The Kier molecular flexibility index (Phi) is 9.55. The van der Waals surface area contributed by atoms with Gasteiger partial charge < -0.3 is 5.11 Å². The van der Waals surface area contributed by atoms with Crippen LogP contribution in [0.4, 0.5) is 0 Å². The van der Waals surface area contributed by atoms with Crippen LogP contribution in [-0.2, 0) is 24.9 Å². The van der Waals surface area contributed by atoms with Gasteiger partial charge in [0.2, 0.25) is 0 Å². The van der Waals surface area contributed by atoms with Crippen molar-refractivity contribution in [1.29, 1.82) is 0 Å². The molecule has 0 atom stereocenters. The first-order valence-corrected chi connectivity index (χ1v) is 14.2. The van der Waals surface area contributed by atoms with Crippen molar-refractivity contribution in [1.82, 2.24) is 4.98 Å². The second-order valence-electron chi connectivity index (χ2n) is 10.4. The molecule has 0 amide bonds. The van der Waals surface area contributed by atoms with Crippen LogP contribution in [-0.4, -0.2) is 15.9 Å². The number of aliphatic hydroxyl groups is 1. The first-order chi connectivity index (χ1) is 19.0. The van der Waals surface area contributed by atoms with Gasteiger partial charge in [-0.25, -0.2) is 0 Å². The number of ketones is 1. The Morgan fingerprint density at radius 3 is 2.15 bits per heavy atom. The molecule has 1 aromatic heterocycles. The zero-order valence-corrected chi connectivity index (χ0v) is 26.0. The van der Waals surface area contributed by atoms with Crippen molar-refractivity contribution in [2.45, 2.75) is 53.4 Å². The van der Waals surface area contributed by atoms with Gasteiger partial charge in [-0.15, -0.1) is 23.6 Å². The maximum Gasteiger partial charge on any atom is 0.162 e. The van der Waals surface area contributed by atoms with Gasteiger partial charge >= 0.3 is 0 Å². The second-order valence-corrected chi connectivity index (χ2v) is 10.4. The molecule has 1 N–H and O–H groups in total. The molecular weight excluding hydrogens is 671 g/mol. The summed E-state index contributed by atoms with van der Waals surface area (Å²) in [4.78, 5) is 16.5. The summed E-state index contributed by atoms with van der Waals surface area (Å²) in [7, 11) is 0. The van der Waals surface area contributed by atoms with Crippen molar-refractivity contribution in [2.75, 3.05) is 0 Å². The van der Waals surface area contributed by atoms with E-state index in [1.165, 1.54) is 43.8 Å². The number of fused-ring (bicyclic) bond motifs is 4. The largest absolute Gasteiger partial charge is 0.512 e. The topological polar surface area (TPSA) is 50.2 Å². The van der Waals surface area contributed by atoms with Crippen LogP contribution in [0.25, 0.3) is 54.0 Å². The molecule has 0 saturated heterocycles. The molecule has 4 heteroatoms. The third-order valence-electron chi connectivity index (χ3n) is 8.17. The van der Waals surface area contributed by atoms with Crippen LogP contribution in [0.1, 0.15) is 53.4 Å². The molecule has 1 heterocycles. The average Bonchev–Trinajstić information content (AvgIpc) is 2.97. The summed E-state index contributed by atoms with van der Waals surface area (Å²) in [5.41, 5.74) is 1.05. The normalized spacial score (nSPS) is 12.0. The summed E-state index contributed by atoms with van der Waals surface area (Å²) in [6.07, 6.45) is 6.81. The van der Waals surface area contributed by atoms with E-state index in [0.29, 0.717) is 0 Å². The Labute approximate surface area is 250 Å². The van der Waals surface area contributed by atoms with Crippen LogP contribution in [0.3, 0.4) is 0 Å². The fraction of sp³-hybridized carbons (Fsp3) is 0.278. The Morgan fingerprint density at radius 1 is 0.800 bits per heavy atom. The van der Waals surface area contributed by atoms with Crippen molar-refractivity contribution < 1.29 is 30.0 Å². The van der Waals surface area contributed by atoms with E-state index in [-0.39, 0.29) is 43.5 Å². The third kappa shape index (κ3) is 5.48. The minimum atomic E-state index is 0. The van der Waals surface area contributed by atoms with E-state index >= 15 is 0 Å². The van der Waals surface area contributed by atoms with Crippen molar-refractivity contribution >= 4 is 59.8 Å². The van der Waals surface area contributed by atoms with Crippen LogP contribution < -0.4 is 0 Å². The molecule has 0 aliphatic rings. The van der Waals surface area contributed by atoms with Gasteiger partial charge in [0.1, 0.15) is 0 Å². The summed E-state index contributed by atoms with van der Waals surface area (Å²) in [6.45, 7) is 8.07. The molecule has 3 nitrogen and oxygen atoms in total. The van der Waals surface area contributed by atoms with Gasteiger partial charge in [0.05, 0.1) is 5.76 Å². The van der Waals surface area contributed by atoms with Crippen LogP contribution in [0, 0.1) is 17.9 Å². The predicted molar refractivity (Wildman–Crippen MR) is 166 cm³/mol. The fourth-order valence-corrected chi connectivity index (χ4v) is 5.80. The number of nitrogens with zero attached hydrogens (tertiary/aromatic N) is 1. The van der Waals surface area contributed by atoms with Gasteiger partial charge in [-0.2, -0.15) is 0 Å². The molecule has 6 rings (SSSR count). The van der Waals surface area contributed by atoms with E-state index in [1.54, 1.807) is 0 Å². The minimum absolute atomic E-state index is 0. The number of aliphatic hydroxyl groups excluding tert-OH is 1. The Bertz CT molecular complexity index is 1690. The van der Waals surface area contributed by atoms with Crippen molar-refractivity contribution in [3.05, 3.63) is 90.8 Å². The Morgan fingerprint density at radius 2 is 1.45 bits per heavy atom. The number of hydrogen-bond acceptors (Lipinski definition) is 3. The van der Waals surface area contributed by atoms with Crippen LogP contribution >= 0.6 is 0 Å². The standard InChI is InChI=1S/C23H12N.C13H24O2.Ir/c1-2-5-17-13-20-19(12-16(17)4-1)18-7-3-6-14-8-9-15-10-11-24-23(20)22(15)21(14)18;1-5-10(6-2)12(14)9-13(15)11(7-3)8-4;/h1-12H;9-11,14H,5-8H2,1-4H3;/q-1;;/b;12-9-;. The second kappa shape index (κ2) is 12.9. The first kappa shape index (κ1) is 29.6. The molecule has 0 spiro atoms. The molecule has 207 valence electrons. The van der Waals surface area contributed by atoms with E-state index in [4.69, 9.17) is 4.98 Å². The zero-order valence-electron chi connectivity index (χ0n) is 23.6. The molecule has 0 aliphatic heterocycles. The molecule has 0 bridgehead atoms. The van der Waals surface area contributed by atoms with Crippen molar-refractivity contribution in [2.24, 2.45) is 11.8 Å². The smallest absolute Gasteiger partial charge is 0.162 e. The first-order valence-electron chi connectivity index (χ1n) is 14.2. The quantitative estimate of drug-likeness (QED) is 0.0591. The minimum Gasteiger partial charge on any atom is -0.512 e. The zero-order chi connectivity index (χ0) is 27.5. The van der Waals surface area contributed by atoms with E-state index in [0.717, 1.165) is 42.0 Å². The van der Waals surface area contributed by atoms with Crippen molar-refractivity contribution in [3.8, 4) is 0 Å². The monoisotopic (exact) mass is 707 g/mol. The number of carbonyl (C=O) groups is 1. The molecule has 5 aromatic carbocycles. The fourth-order valence-electron chi connectivity index (χ4n) is 5.80. The Hall–Kier alpha value is -3.33. The van der Waals surface area contributed by atoms with E-state index in [9.17, 15) is 9.90 Å². The van der Waals surface area contributed by atoms with Gasteiger partial charge in [-0.1, -0.05) is 92.4 Å². The Balaban J connectivity index is 0.000000204. The summed E-state index contributed by atoms with van der Waals surface area (Å²) in [5.74, 6) is 0.547. The predicted octanol–water partition coefficient (Wildman–Crippen LogP) is 9.95. The van der Waals surface area contributed by atoms with Crippen molar-refractivity contribution in [3.63, 3.8) is 0 Å². The third-order valence-corrected chi connectivity index (χ3v) is 8.17. The molecule has 0 aliphatic carbocycles.